The molecule has 0 spiro atoms. The maximum atomic E-state index is 13.0. The molecule has 10 heteroatoms. The Kier molecular flexibility index (Phi) is 5.80. The van der Waals surface area contributed by atoms with Crippen LogP contribution in [0.25, 0.3) is 22.2 Å². The number of nitrogens with two attached hydrogens (primary N) is 1. The monoisotopic (exact) mass is 501 g/mol. The van der Waals surface area contributed by atoms with Crippen LogP contribution < -0.4 is 9.88 Å². The van der Waals surface area contributed by atoms with Crippen molar-refractivity contribution in [2.75, 3.05) is 13.3 Å². The van der Waals surface area contributed by atoms with E-state index in [1.807, 2.05) is 30.3 Å². The molecule has 1 heterocycles. The van der Waals surface area contributed by atoms with Crippen LogP contribution in [0.1, 0.15) is 29.6 Å². The molecule has 0 amide bonds. The molecule has 1 aliphatic rings. The fraction of sp³-hybridized carbons (Fsp3) is 0.240. The first-order valence-electron chi connectivity index (χ1n) is 10.9. The van der Waals surface area contributed by atoms with Crippen LogP contribution in [0.5, 0.6) is 5.75 Å². The van der Waals surface area contributed by atoms with Crippen LogP contribution in [0.15, 0.2) is 71.6 Å². The van der Waals surface area contributed by atoms with Gasteiger partial charge in [-0.3, -0.25) is 0 Å². The molecule has 3 N–H and O–H groups in total. The molecule has 1 aliphatic carbocycles. The van der Waals surface area contributed by atoms with Crippen LogP contribution in [-0.4, -0.2) is 37.6 Å². The van der Waals surface area contributed by atoms with E-state index in [-0.39, 0.29) is 22.5 Å². The quantitative estimate of drug-likeness (QED) is 0.350. The lowest BCUT2D eigenvalue weighted by Crippen LogP contribution is -2.27. The summed E-state index contributed by atoms with van der Waals surface area (Å²) in [5, 5.41) is 5.38. The molecular formula is C25H22F3N3O3S. The van der Waals surface area contributed by atoms with Crippen molar-refractivity contribution in [1.29, 1.82) is 0 Å². The zero-order valence-electron chi connectivity index (χ0n) is 18.4. The SMILES string of the molecule is NS(=O)(=O)c1ccccc1-c1ccc2[nH]c(C3CC3c3ccc(OCC(F)(F)CF)cc3)nc2c1. The summed E-state index contributed by atoms with van der Waals surface area (Å²) in [6.45, 7) is -2.76. The molecule has 3 aromatic carbocycles. The molecule has 1 fully saturated rings. The number of nitrogens with one attached hydrogen (secondary N) is 1. The molecule has 0 aliphatic heterocycles. The summed E-state index contributed by atoms with van der Waals surface area (Å²) in [6, 6.07) is 18.9. The topological polar surface area (TPSA) is 98.1 Å². The number of alkyl halides is 3. The Morgan fingerprint density at radius 2 is 1.80 bits per heavy atom. The summed E-state index contributed by atoms with van der Waals surface area (Å²) in [4.78, 5) is 8.12. The van der Waals surface area contributed by atoms with Gasteiger partial charge in [0.2, 0.25) is 10.0 Å². The van der Waals surface area contributed by atoms with E-state index in [9.17, 15) is 21.6 Å². The Morgan fingerprint density at radius 1 is 1.06 bits per heavy atom. The Labute approximate surface area is 200 Å². The maximum Gasteiger partial charge on any atom is 0.309 e. The van der Waals surface area contributed by atoms with Crippen LogP contribution in [0.2, 0.25) is 0 Å². The van der Waals surface area contributed by atoms with Gasteiger partial charge in [0.25, 0.3) is 0 Å². The number of rotatable bonds is 8. The van der Waals surface area contributed by atoms with E-state index in [4.69, 9.17) is 14.9 Å². The van der Waals surface area contributed by atoms with Crippen molar-refractivity contribution in [2.45, 2.75) is 29.1 Å². The average molecular weight is 502 g/mol. The fourth-order valence-corrected chi connectivity index (χ4v) is 4.99. The summed E-state index contributed by atoms with van der Waals surface area (Å²) in [5.41, 5.74) is 3.78. The van der Waals surface area contributed by atoms with Crippen molar-refractivity contribution >= 4 is 21.1 Å². The molecule has 0 bridgehead atoms. The van der Waals surface area contributed by atoms with Crippen molar-refractivity contribution in [3.05, 3.63) is 78.1 Å². The van der Waals surface area contributed by atoms with Gasteiger partial charge in [-0.25, -0.2) is 22.9 Å². The standard InChI is InChI=1S/C25H22F3N3O3S/c26-13-25(27,28)14-34-17-8-5-15(6-9-17)19-12-20(19)24-30-21-10-7-16(11-22(21)31-24)18-3-1-2-4-23(18)35(29,32)33/h1-11,19-20H,12-14H2,(H,30,31)(H2,29,32,33). The first kappa shape index (κ1) is 23.4. The highest BCUT2D eigenvalue weighted by Gasteiger charge is 2.41. The van der Waals surface area contributed by atoms with E-state index < -0.39 is 29.2 Å². The van der Waals surface area contributed by atoms with E-state index in [0.29, 0.717) is 16.6 Å². The van der Waals surface area contributed by atoms with Crippen LogP contribution in [0, 0.1) is 0 Å². The molecule has 4 aromatic rings. The number of aromatic amines is 1. The van der Waals surface area contributed by atoms with Crippen LogP contribution in [-0.2, 0) is 10.0 Å². The number of sulfonamides is 1. The molecule has 0 radical (unpaired) electrons. The number of aromatic nitrogens is 2. The zero-order chi connectivity index (χ0) is 24.8. The number of hydrogen-bond acceptors (Lipinski definition) is 4. The van der Waals surface area contributed by atoms with Gasteiger partial charge >= 0.3 is 5.92 Å². The van der Waals surface area contributed by atoms with Crippen molar-refractivity contribution in [3.63, 3.8) is 0 Å². The van der Waals surface area contributed by atoms with E-state index in [1.165, 1.54) is 6.07 Å². The Balaban J connectivity index is 1.33. The second-order valence-electron chi connectivity index (χ2n) is 8.69. The first-order chi connectivity index (χ1) is 16.6. The maximum absolute atomic E-state index is 13.0. The molecule has 5 rings (SSSR count). The molecular weight excluding hydrogens is 479 g/mol. The Bertz CT molecular complexity index is 1490. The average Bonchev–Trinajstić information content (AvgIpc) is 3.53. The summed E-state index contributed by atoms with van der Waals surface area (Å²) in [5.74, 6) is -2.02. The van der Waals surface area contributed by atoms with Crippen molar-refractivity contribution in [1.82, 2.24) is 9.97 Å². The van der Waals surface area contributed by atoms with Gasteiger partial charge in [-0.2, -0.15) is 8.78 Å². The lowest BCUT2D eigenvalue weighted by molar-refractivity contribution is -0.0584. The molecule has 2 unspecified atom stereocenters. The second-order valence-corrected chi connectivity index (χ2v) is 10.2. The third-order valence-corrected chi connectivity index (χ3v) is 7.07. The third-order valence-electron chi connectivity index (χ3n) is 6.10. The minimum atomic E-state index is -3.88. The predicted octanol–water partition coefficient (Wildman–Crippen LogP) is 5.13. The molecule has 1 saturated carbocycles. The fourth-order valence-electron chi connectivity index (χ4n) is 4.23. The first-order valence-corrected chi connectivity index (χ1v) is 12.5. The van der Waals surface area contributed by atoms with Gasteiger partial charge in [0.15, 0.2) is 13.3 Å². The summed E-state index contributed by atoms with van der Waals surface area (Å²) < 4.78 is 67.3. The minimum absolute atomic E-state index is 0.0539. The van der Waals surface area contributed by atoms with Gasteiger partial charge in [-0.1, -0.05) is 36.4 Å². The van der Waals surface area contributed by atoms with Gasteiger partial charge in [-0.05, 0) is 53.8 Å². The zero-order valence-corrected chi connectivity index (χ0v) is 19.2. The summed E-state index contributed by atoms with van der Waals surface area (Å²) in [6.07, 6.45) is 0.876. The lowest BCUT2D eigenvalue weighted by atomic mass is 10.1. The van der Waals surface area contributed by atoms with Gasteiger partial charge in [0.05, 0.1) is 15.9 Å². The number of hydrogen-bond donors (Lipinski definition) is 2. The highest BCUT2D eigenvalue weighted by molar-refractivity contribution is 7.89. The molecule has 1 aromatic heterocycles. The highest BCUT2D eigenvalue weighted by Crippen LogP contribution is 2.54. The molecule has 0 saturated heterocycles. The number of imidazole rings is 1. The van der Waals surface area contributed by atoms with Crippen LogP contribution in [0.4, 0.5) is 13.2 Å². The number of benzene rings is 3. The van der Waals surface area contributed by atoms with E-state index in [2.05, 4.69) is 4.98 Å². The van der Waals surface area contributed by atoms with Crippen molar-refractivity contribution in [2.24, 2.45) is 5.14 Å². The largest absolute Gasteiger partial charge is 0.487 e. The number of H-pyrrole nitrogens is 1. The summed E-state index contributed by atoms with van der Waals surface area (Å²) >= 11 is 0. The van der Waals surface area contributed by atoms with Gasteiger partial charge in [0, 0.05) is 11.5 Å². The normalized spacial score (nSPS) is 18.1. The van der Waals surface area contributed by atoms with Gasteiger partial charge in [0.1, 0.15) is 11.6 Å². The van der Waals surface area contributed by atoms with E-state index in [0.717, 1.165) is 23.3 Å². The Hall–Kier alpha value is -3.37. The van der Waals surface area contributed by atoms with Crippen LogP contribution >= 0.6 is 0 Å². The van der Waals surface area contributed by atoms with Crippen LogP contribution in [0.3, 0.4) is 0 Å². The van der Waals surface area contributed by atoms with E-state index >= 15 is 0 Å². The number of halogens is 3. The van der Waals surface area contributed by atoms with Crippen molar-refractivity contribution in [3.8, 4) is 16.9 Å². The molecule has 6 nitrogen and oxygen atoms in total. The smallest absolute Gasteiger partial charge is 0.309 e. The van der Waals surface area contributed by atoms with Crippen molar-refractivity contribution < 1.29 is 26.3 Å². The molecule has 35 heavy (non-hydrogen) atoms. The predicted molar refractivity (Wildman–Crippen MR) is 126 cm³/mol. The second kappa shape index (κ2) is 8.69. The number of nitrogens with zero attached hydrogens (tertiary/aromatic N) is 1. The molecule has 2 atom stereocenters. The Morgan fingerprint density at radius 3 is 2.51 bits per heavy atom. The molecule has 182 valence electrons. The van der Waals surface area contributed by atoms with Gasteiger partial charge in [-0.15, -0.1) is 0 Å². The number of fused-ring (bicyclic) bond motifs is 1. The third kappa shape index (κ3) is 4.89. The van der Waals surface area contributed by atoms with Gasteiger partial charge < -0.3 is 9.72 Å². The van der Waals surface area contributed by atoms with E-state index in [1.54, 1.807) is 30.3 Å². The number of primary sulfonamides is 1. The minimum Gasteiger partial charge on any atom is -0.487 e. The number of ether oxygens (including phenoxy) is 1. The lowest BCUT2D eigenvalue weighted by Gasteiger charge is -2.13. The summed E-state index contributed by atoms with van der Waals surface area (Å²) in [7, 11) is -3.88. The highest BCUT2D eigenvalue weighted by atomic mass is 32.2.